The molecule has 16 heavy (non-hydrogen) atoms. The molecule has 1 heterocycles. The second-order valence-electron chi connectivity index (χ2n) is 4.86. The number of rotatable bonds is 6. The summed E-state index contributed by atoms with van der Waals surface area (Å²) >= 11 is 5.50. The van der Waals surface area contributed by atoms with Gasteiger partial charge in [0.15, 0.2) is 0 Å². The molecule has 94 valence electrons. The molecule has 1 saturated carbocycles. The molecule has 0 aromatic heterocycles. The van der Waals surface area contributed by atoms with Crippen LogP contribution in [0.1, 0.15) is 25.7 Å². The summed E-state index contributed by atoms with van der Waals surface area (Å²) in [4.78, 5) is 0. The van der Waals surface area contributed by atoms with Crippen LogP contribution < -0.4 is 0 Å². The molecule has 1 N–H and O–H groups in total. The fraction of sp³-hybridized carbons (Fsp3) is 1.00. The monoisotopic (exact) mass is 267 g/mol. The predicted molar refractivity (Wildman–Crippen MR) is 63.0 cm³/mol. The second-order valence-corrected chi connectivity index (χ2v) is 7.32. The molecule has 0 spiro atoms. The number of alkyl halides is 1. The quantitative estimate of drug-likeness (QED) is 0.572. The zero-order valence-corrected chi connectivity index (χ0v) is 10.8. The molecule has 2 rings (SSSR count). The number of nitrogens with zero attached hydrogens (tertiary/aromatic N) is 1. The summed E-state index contributed by atoms with van der Waals surface area (Å²) in [6.07, 6.45) is 3.40. The zero-order chi connectivity index (χ0) is 11.8. The standard InChI is InChI=1S/C10H18ClNO3S/c11-5-1-2-6-16(14,15)12-7-10(13,8-12)9-3-4-9/h9,13H,1-8H2. The van der Waals surface area contributed by atoms with Crippen LogP contribution in [0.15, 0.2) is 0 Å². The van der Waals surface area contributed by atoms with Gasteiger partial charge in [-0.25, -0.2) is 8.42 Å². The van der Waals surface area contributed by atoms with Crippen molar-refractivity contribution in [1.82, 2.24) is 4.31 Å². The van der Waals surface area contributed by atoms with Gasteiger partial charge >= 0.3 is 0 Å². The average molecular weight is 268 g/mol. The van der Waals surface area contributed by atoms with E-state index in [1.165, 1.54) is 4.31 Å². The Bertz CT molecular complexity index is 347. The van der Waals surface area contributed by atoms with Gasteiger partial charge in [0.2, 0.25) is 10.0 Å². The highest BCUT2D eigenvalue weighted by Gasteiger charge is 2.54. The van der Waals surface area contributed by atoms with E-state index in [9.17, 15) is 13.5 Å². The second kappa shape index (κ2) is 4.44. The Balaban J connectivity index is 1.81. The maximum absolute atomic E-state index is 11.8. The van der Waals surface area contributed by atoms with Crippen LogP contribution in [0, 0.1) is 5.92 Å². The highest BCUT2D eigenvalue weighted by Crippen LogP contribution is 2.45. The molecule has 0 unspecified atom stereocenters. The Hall–Kier alpha value is 0.160. The van der Waals surface area contributed by atoms with Crippen LogP contribution in [-0.2, 0) is 10.0 Å². The molecule has 4 nitrogen and oxygen atoms in total. The van der Waals surface area contributed by atoms with E-state index in [4.69, 9.17) is 11.6 Å². The number of hydrogen-bond donors (Lipinski definition) is 1. The van der Waals surface area contributed by atoms with E-state index in [1.54, 1.807) is 0 Å². The maximum Gasteiger partial charge on any atom is 0.214 e. The molecular formula is C10H18ClNO3S. The van der Waals surface area contributed by atoms with Crippen LogP contribution in [0.2, 0.25) is 0 Å². The minimum atomic E-state index is -3.16. The number of hydrogen-bond acceptors (Lipinski definition) is 3. The molecule has 2 fully saturated rings. The third kappa shape index (κ3) is 2.53. The maximum atomic E-state index is 11.8. The predicted octanol–water partition coefficient (Wildman–Crippen LogP) is 0.792. The summed E-state index contributed by atoms with van der Waals surface area (Å²) in [6.45, 7) is 0.585. The van der Waals surface area contributed by atoms with E-state index in [0.29, 0.717) is 31.3 Å². The van der Waals surface area contributed by atoms with Gasteiger partial charge in [-0.15, -0.1) is 11.6 Å². The van der Waals surface area contributed by atoms with E-state index < -0.39 is 15.6 Å². The molecule has 0 bridgehead atoms. The summed E-state index contributed by atoms with van der Waals surface area (Å²) in [5.74, 6) is 0.990. The Morgan fingerprint density at radius 1 is 1.31 bits per heavy atom. The van der Waals surface area contributed by atoms with Gasteiger partial charge in [0.05, 0.1) is 11.4 Å². The van der Waals surface area contributed by atoms with Gasteiger partial charge in [0.1, 0.15) is 0 Å². The highest BCUT2D eigenvalue weighted by molar-refractivity contribution is 7.89. The summed E-state index contributed by atoms with van der Waals surface area (Å²) < 4.78 is 25.0. The summed E-state index contributed by atoms with van der Waals surface area (Å²) in [5, 5.41) is 10.0. The zero-order valence-electron chi connectivity index (χ0n) is 9.23. The number of unbranched alkanes of at least 4 members (excludes halogenated alkanes) is 1. The van der Waals surface area contributed by atoms with Crippen molar-refractivity contribution in [2.24, 2.45) is 5.92 Å². The molecular weight excluding hydrogens is 250 g/mol. The number of aliphatic hydroxyl groups is 1. The number of halogens is 1. The Morgan fingerprint density at radius 2 is 1.94 bits per heavy atom. The first-order chi connectivity index (χ1) is 7.48. The van der Waals surface area contributed by atoms with E-state index in [-0.39, 0.29) is 5.75 Å². The molecule has 0 aromatic carbocycles. The van der Waals surface area contributed by atoms with Crippen molar-refractivity contribution in [3.05, 3.63) is 0 Å². The fourth-order valence-electron chi connectivity index (χ4n) is 2.15. The van der Waals surface area contributed by atoms with E-state index in [2.05, 4.69) is 0 Å². The Labute approximate surface area is 102 Å². The van der Waals surface area contributed by atoms with E-state index >= 15 is 0 Å². The Morgan fingerprint density at radius 3 is 2.44 bits per heavy atom. The molecule has 0 atom stereocenters. The van der Waals surface area contributed by atoms with Crippen molar-refractivity contribution in [2.45, 2.75) is 31.3 Å². The molecule has 0 aromatic rings. The third-order valence-electron chi connectivity index (χ3n) is 3.42. The summed E-state index contributed by atoms with van der Waals surface area (Å²) in [6, 6.07) is 0. The lowest BCUT2D eigenvalue weighted by Crippen LogP contribution is -2.64. The van der Waals surface area contributed by atoms with Crippen molar-refractivity contribution in [3.8, 4) is 0 Å². The Kier molecular flexibility index (Phi) is 3.50. The SMILES string of the molecule is O=S(=O)(CCCCCl)N1CC(O)(C2CC2)C1. The largest absolute Gasteiger partial charge is 0.387 e. The molecule has 1 aliphatic carbocycles. The molecule has 0 radical (unpaired) electrons. The third-order valence-corrected chi connectivity index (χ3v) is 5.53. The first-order valence-electron chi connectivity index (χ1n) is 5.74. The van der Waals surface area contributed by atoms with Gasteiger partial charge in [-0.2, -0.15) is 4.31 Å². The number of sulfonamides is 1. The minimum absolute atomic E-state index is 0.153. The smallest absolute Gasteiger partial charge is 0.214 e. The van der Waals surface area contributed by atoms with Crippen molar-refractivity contribution >= 4 is 21.6 Å². The molecule has 0 amide bonds. The molecule has 1 saturated heterocycles. The van der Waals surface area contributed by atoms with Crippen LogP contribution >= 0.6 is 11.6 Å². The lowest BCUT2D eigenvalue weighted by atomic mass is 9.91. The van der Waals surface area contributed by atoms with Gasteiger partial charge in [-0.3, -0.25) is 0 Å². The molecule has 1 aliphatic heterocycles. The number of β-amino-alcohol motifs (C(OH)–C–C–N with tert-alkyl or cyclic N) is 1. The molecule has 2 aliphatic rings. The van der Waals surface area contributed by atoms with Crippen LogP contribution in [-0.4, -0.2) is 48.2 Å². The van der Waals surface area contributed by atoms with Gasteiger partial charge in [0, 0.05) is 19.0 Å². The van der Waals surface area contributed by atoms with Crippen LogP contribution in [0.5, 0.6) is 0 Å². The average Bonchev–Trinajstić information content (AvgIpc) is 2.96. The van der Waals surface area contributed by atoms with E-state index in [1.807, 2.05) is 0 Å². The normalized spacial score (nSPS) is 25.4. The van der Waals surface area contributed by atoms with Crippen molar-refractivity contribution in [3.63, 3.8) is 0 Å². The van der Waals surface area contributed by atoms with Crippen molar-refractivity contribution < 1.29 is 13.5 Å². The topological polar surface area (TPSA) is 57.6 Å². The molecule has 6 heteroatoms. The van der Waals surface area contributed by atoms with E-state index in [0.717, 1.165) is 19.3 Å². The lowest BCUT2D eigenvalue weighted by Gasteiger charge is -2.45. The first kappa shape index (κ1) is 12.6. The fourth-order valence-corrected chi connectivity index (χ4v) is 4.00. The van der Waals surface area contributed by atoms with Gasteiger partial charge in [0.25, 0.3) is 0 Å². The summed E-state index contributed by atoms with van der Waals surface area (Å²) in [7, 11) is -3.16. The van der Waals surface area contributed by atoms with Gasteiger partial charge in [-0.05, 0) is 31.6 Å². The van der Waals surface area contributed by atoms with Gasteiger partial charge in [-0.1, -0.05) is 0 Å². The van der Waals surface area contributed by atoms with Crippen LogP contribution in [0.4, 0.5) is 0 Å². The minimum Gasteiger partial charge on any atom is -0.387 e. The van der Waals surface area contributed by atoms with Crippen molar-refractivity contribution in [1.29, 1.82) is 0 Å². The van der Waals surface area contributed by atoms with Crippen LogP contribution in [0.3, 0.4) is 0 Å². The first-order valence-corrected chi connectivity index (χ1v) is 7.88. The van der Waals surface area contributed by atoms with Crippen molar-refractivity contribution in [2.75, 3.05) is 24.7 Å². The van der Waals surface area contributed by atoms with Crippen LogP contribution in [0.25, 0.3) is 0 Å². The van der Waals surface area contributed by atoms with Gasteiger partial charge < -0.3 is 5.11 Å². The lowest BCUT2D eigenvalue weighted by molar-refractivity contribution is -0.0764. The summed E-state index contributed by atoms with van der Waals surface area (Å²) in [5.41, 5.74) is -0.723. The highest BCUT2D eigenvalue weighted by atomic mass is 35.5.